The Bertz CT molecular complexity index is 1390. The van der Waals surface area contributed by atoms with E-state index in [9.17, 15) is 9.59 Å². The van der Waals surface area contributed by atoms with E-state index in [2.05, 4.69) is 32.8 Å². The second-order valence-corrected chi connectivity index (χ2v) is 9.88. The molecule has 0 atom stereocenters. The van der Waals surface area contributed by atoms with Gasteiger partial charge in [-0.1, -0.05) is 18.2 Å². The Hall–Kier alpha value is -3.62. The minimum atomic E-state index is -0.0472. The maximum Gasteiger partial charge on any atom is 0.229 e. The Kier molecular flexibility index (Phi) is 6.60. The van der Waals surface area contributed by atoms with Crippen molar-refractivity contribution in [1.29, 1.82) is 0 Å². The van der Waals surface area contributed by atoms with E-state index in [1.807, 2.05) is 65.4 Å². The molecule has 0 radical (unpaired) electrons. The molecule has 0 unspecified atom stereocenters. The molecule has 3 N–H and O–H groups in total. The third-order valence-corrected chi connectivity index (χ3v) is 7.07. The van der Waals surface area contributed by atoms with E-state index in [4.69, 9.17) is 0 Å². The van der Waals surface area contributed by atoms with Crippen LogP contribution in [0.3, 0.4) is 0 Å². The van der Waals surface area contributed by atoms with Gasteiger partial charge in [0, 0.05) is 21.8 Å². The first-order chi connectivity index (χ1) is 16.6. The molecule has 5 rings (SSSR count). The minimum absolute atomic E-state index is 0.0285. The summed E-state index contributed by atoms with van der Waals surface area (Å²) in [6, 6.07) is 17.1. The maximum absolute atomic E-state index is 12.3. The monoisotopic (exact) mass is 486 g/mol. The van der Waals surface area contributed by atoms with Crippen LogP contribution in [0, 0.1) is 0 Å². The lowest BCUT2D eigenvalue weighted by Gasteiger charge is -2.09. The van der Waals surface area contributed by atoms with Crippen molar-refractivity contribution in [3.8, 4) is 11.4 Å². The summed E-state index contributed by atoms with van der Waals surface area (Å²) in [5, 5.41) is 9.88. The van der Waals surface area contributed by atoms with Gasteiger partial charge in [0.1, 0.15) is 5.82 Å². The number of anilines is 2. The summed E-state index contributed by atoms with van der Waals surface area (Å²) in [6.45, 7) is 0. The summed E-state index contributed by atoms with van der Waals surface area (Å²) in [5.41, 5.74) is 4.04. The average Bonchev–Trinajstić information content (AvgIpc) is 3.49. The zero-order valence-electron chi connectivity index (χ0n) is 18.2. The van der Waals surface area contributed by atoms with E-state index < -0.39 is 0 Å². The molecule has 1 aliphatic heterocycles. The molecule has 0 aliphatic carbocycles. The third-order valence-electron chi connectivity index (χ3n) is 5.25. The Balaban J connectivity index is 1.23. The van der Waals surface area contributed by atoms with Gasteiger partial charge in [-0.05, 0) is 70.6 Å². The number of allylic oxidation sites excluding steroid dienone is 2. The smallest absolute Gasteiger partial charge is 0.229 e. The van der Waals surface area contributed by atoms with Gasteiger partial charge in [-0.2, -0.15) is 0 Å². The van der Waals surface area contributed by atoms with Crippen molar-refractivity contribution in [1.82, 2.24) is 9.97 Å². The topological polar surface area (TPSA) is 86.9 Å². The van der Waals surface area contributed by atoms with E-state index >= 15 is 0 Å². The van der Waals surface area contributed by atoms with Crippen molar-refractivity contribution in [3.05, 3.63) is 87.3 Å². The molecule has 0 saturated carbocycles. The molecule has 0 saturated heterocycles. The van der Waals surface area contributed by atoms with E-state index in [0.717, 1.165) is 50.0 Å². The number of carbonyl (C=O) groups is 2. The molecular formula is C26H22N4O2S2. The largest absolute Gasteiger partial charge is 0.338 e. The number of aromatic amines is 1. The molecule has 0 fully saturated rings. The number of carbonyl (C=O) groups excluding carboxylic acids is 2. The summed E-state index contributed by atoms with van der Waals surface area (Å²) >= 11 is 3.16. The lowest BCUT2D eigenvalue weighted by Crippen LogP contribution is -2.13. The van der Waals surface area contributed by atoms with Crippen molar-refractivity contribution in [2.24, 2.45) is 0 Å². The summed E-state index contributed by atoms with van der Waals surface area (Å²) in [7, 11) is 0. The molecule has 2 aromatic carbocycles. The van der Waals surface area contributed by atoms with Crippen LogP contribution in [0.5, 0.6) is 0 Å². The van der Waals surface area contributed by atoms with Gasteiger partial charge in [-0.3, -0.25) is 9.59 Å². The number of hydrogen-bond acceptors (Lipinski definition) is 5. The van der Waals surface area contributed by atoms with Crippen LogP contribution in [0.25, 0.3) is 22.4 Å². The fraction of sp³-hybridized carbons (Fsp3) is 0.115. The van der Waals surface area contributed by atoms with Crippen LogP contribution in [-0.4, -0.2) is 21.8 Å². The Morgan fingerprint density at radius 1 is 0.971 bits per heavy atom. The summed E-state index contributed by atoms with van der Waals surface area (Å²) in [4.78, 5) is 34.7. The van der Waals surface area contributed by atoms with Gasteiger partial charge in [0.25, 0.3) is 0 Å². The highest BCUT2D eigenvalue weighted by molar-refractivity contribution is 8.05. The van der Waals surface area contributed by atoms with Crippen molar-refractivity contribution < 1.29 is 9.59 Å². The standard InChI is InChI=1S/C26H22N4O2S2/c31-24(15-20-4-1-2-12-33-20)27-18-8-6-17(7-9-18)26-29-22-11-10-19(14-23(22)30-26)28-25(32)16-21-5-3-13-34-21/h2-14H,1,15-16H2,(H,27,31)(H,28,32)(H,29,30). The van der Waals surface area contributed by atoms with Crippen LogP contribution >= 0.6 is 23.1 Å². The SMILES string of the molecule is O=C(CC1=CCC=CS1)Nc1ccc(-c2nc3ccc(NC(=O)Cc4cccs4)cc3[nH]2)cc1. The predicted molar refractivity (Wildman–Crippen MR) is 141 cm³/mol. The molecule has 0 bridgehead atoms. The van der Waals surface area contributed by atoms with Crippen molar-refractivity contribution >= 4 is 57.3 Å². The fourth-order valence-corrected chi connectivity index (χ4v) is 5.12. The fourth-order valence-electron chi connectivity index (χ4n) is 3.63. The molecule has 4 aromatic rings. The van der Waals surface area contributed by atoms with Gasteiger partial charge in [-0.25, -0.2) is 4.98 Å². The minimum Gasteiger partial charge on any atom is -0.338 e. The number of rotatable bonds is 7. The number of benzene rings is 2. The van der Waals surface area contributed by atoms with Crippen LogP contribution in [0.1, 0.15) is 17.7 Å². The van der Waals surface area contributed by atoms with Crippen molar-refractivity contribution in [2.75, 3.05) is 10.6 Å². The third kappa shape index (κ3) is 5.47. The number of fused-ring (bicyclic) bond motifs is 1. The van der Waals surface area contributed by atoms with E-state index in [1.54, 1.807) is 23.1 Å². The van der Waals surface area contributed by atoms with Gasteiger partial charge in [0.2, 0.25) is 11.8 Å². The van der Waals surface area contributed by atoms with Crippen LogP contribution in [0.4, 0.5) is 11.4 Å². The molecule has 6 nitrogen and oxygen atoms in total. The first kappa shape index (κ1) is 22.2. The highest BCUT2D eigenvalue weighted by Crippen LogP contribution is 2.27. The first-order valence-electron chi connectivity index (χ1n) is 10.9. The van der Waals surface area contributed by atoms with Crippen molar-refractivity contribution in [3.63, 3.8) is 0 Å². The van der Waals surface area contributed by atoms with Crippen LogP contribution in [0.15, 0.2) is 82.4 Å². The summed E-state index contributed by atoms with van der Waals surface area (Å²) < 4.78 is 0. The molecule has 2 aromatic heterocycles. The maximum atomic E-state index is 12.3. The number of hydrogen-bond donors (Lipinski definition) is 3. The highest BCUT2D eigenvalue weighted by Gasteiger charge is 2.11. The number of nitrogens with zero attached hydrogens (tertiary/aromatic N) is 1. The zero-order valence-corrected chi connectivity index (χ0v) is 19.8. The molecule has 1 aliphatic rings. The molecule has 0 spiro atoms. The molecular weight excluding hydrogens is 464 g/mol. The number of H-pyrrole nitrogens is 1. The predicted octanol–water partition coefficient (Wildman–Crippen LogP) is 6.34. The molecule has 3 heterocycles. The van der Waals surface area contributed by atoms with Crippen molar-refractivity contribution in [2.45, 2.75) is 19.3 Å². The highest BCUT2D eigenvalue weighted by atomic mass is 32.2. The summed E-state index contributed by atoms with van der Waals surface area (Å²) in [6.07, 6.45) is 5.78. The number of thioether (sulfide) groups is 1. The van der Waals surface area contributed by atoms with E-state index in [0.29, 0.717) is 12.8 Å². The van der Waals surface area contributed by atoms with E-state index in [1.165, 1.54) is 0 Å². The van der Waals surface area contributed by atoms with E-state index in [-0.39, 0.29) is 11.8 Å². The quantitative estimate of drug-likeness (QED) is 0.285. The van der Waals surface area contributed by atoms with Gasteiger partial charge in [-0.15, -0.1) is 23.1 Å². The number of amides is 2. The van der Waals surface area contributed by atoms with Gasteiger partial charge < -0.3 is 15.6 Å². The normalized spacial score (nSPS) is 13.0. The summed E-state index contributed by atoms with van der Waals surface area (Å²) in [5.74, 6) is 0.652. The lowest BCUT2D eigenvalue weighted by atomic mass is 10.2. The first-order valence-corrected chi connectivity index (χ1v) is 12.6. The van der Waals surface area contributed by atoms with Crippen LogP contribution in [0.2, 0.25) is 0 Å². The zero-order chi connectivity index (χ0) is 23.3. The van der Waals surface area contributed by atoms with Gasteiger partial charge >= 0.3 is 0 Å². The number of imidazole rings is 1. The number of thiophene rings is 1. The van der Waals surface area contributed by atoms with Crippen LogP contribution < -0.4 is 10.6 Å². The molecule has 34 heavy (non-hydrogen) atoms. The number of nitrogens with one attached hydrogen (secondary N) is 3. The van der Waals surface area contributed by atoms with Gasteiger partial charge in [0.05, 0.1) is 23.9 Å². The Morgan fingerprint density at radius 3 is 2.53 bits per heavy atom. The molecule has 8 heteroatoms. The molecule has 170 valence electrons. The Labute approximate surface area is 205 Å². The van der Waals surface area contributed by atoms with Gasteiger partial charge in [0.15, 0.2) is 0 Å². The second kappa shape index (κ2) is 10.1. The second-order valence-electron chi connectivity index (χ2n) is 7.82. The van der Waals surface area contributed by atoms with Crippen LogP contribution in [-0.2, 0) is 16.0 Å². The number of aromatic nitrogens is 2. The Morgan fingerprint density at radius 2 is 1.76 bits per heavy atom. The molecule has 2 amide bonds. The lowest BCUT2D eigenvalue weighted by molar-refractivity contribution is -0.116. The average molecular weight is 487 g/mol.